The van der Waals surface area contributed by atoms with Crippen molar-refractivity contribution in [1.29, 1.82) is 0 Å². The third-order valence-electron chi connectivity index (χ3n) is 2.03. The molecule has 0 bridgehead atoms. The van der Waals surface area contributed by atoms with Gasteiger partial charge in [-0.2, -0.15) is 0 Å². The largest absolute Gasteiger partial charge is 0.500 e. The molecule has 0 saturated heterocycles. The lowest BCUT2D eigenvalue weighted by molar-refractivity contribution is 0.112. The Labute approximate surface area is 76.1 Å². The first-order valence-corrected chi connectivity index (χ1v) is 4.10. The third-order valence-corrected chi connectivity index (χ3v) is 2.03. The van der Waals surface area contributed by atoms with E-state index in [1.165, 1.54) is 0 Å². The van der Waals surface area contributed by atoms with Gasteiger partial charge in [-0.15, -0.1) is 0 Å². The maximum atomic E-state index is 10.7. The molecule has 1 aromatic rings. The van der Waals surface area contributed by atoms with Gasteiger partial charge in [0.05, 0.1) is 24.5 Å². The Morgan fingerprint density at radius 3 is 3.23 bits per heavy atom. The molecular weight excluding hydrogens is 166 g/mol. The van der Waals surface area contributed by atoms with Crippen LogP contribution in [0.1, 0.15) is 22.0 Å². The molecule has 3 heteroatoms. The van der Waals surface area contributed by atoms with Crippen LogP contribution in [0.15, 0.2) is 30.7 Å². The first-order valence-electron chi connectivity index (χ1n) is 4.10. The molecule has 66 valence electrons. The van der Waals surface area contributed by atoms with Gasteiger partial charge in [-0.05, 0) is 18.2 Å². The van der Waals surface area contributed by atoms with Crippen molar-refractivity contribution in [2.45, 2.75) is 5.92 Å². The highest BCUT2D eigenvalue weighted by molar-refractivity contribution is 5.76. The summed E-state index contributed by atoms with van der Waals surface area (Å²) in [5, 5.41) is 0. The van der Waals surface area contributed by atoms with Gasteiger partial charge in [0.1, 0.15) is 0 Å². The lowest BCUT2D eigenvalue weighted by Gasteiger charge is -2.07. The van der Waals surface area contributed by atoms with Crippen molar-refractivity contribution in [2.75, 3.05) is 6.61 Å². The number of hydrogen-bond acceptors (Lipinski definition) is 3. The topological polar surface area (TPSA) is 39.2 Å². The number of ether oxygens (including phenoxy) is 1. The molecule has 13 heavy (non-hydrogen) atoms. The first-order chi connectivity index (χ1) is 6.42. The number of aldehydes is 1. The molecule has 0 spiro atoms. The second-order valence-corrected chi connectivity index (χ2v) is 2.86. The highest BCUT2D eigenvalue weighted by Crippen LogP contribution is 2.22. The zero-order valence-electron chi connectivity index (χ0n) is 7.01. The van der Waals surface area contributed by atoms with Crippen LogP contribution in [0.2, 0.25) is 0 Å². The molecule has 0 fully saturated rings. The Morgan fingerprint density at radius 2 is 2.54 bits per heavy atom. The summed E-state index contributed by atoms with van der Waals surface area (Å²) < 4.78 is 5.07. The van der Waals surface area contributed by atoms with Crippen molar-refractivity contribution >= 4 is 6.29 Å². The summed E-state index contributed by atoms with van der Waals surface area (Å²) in [7, 11) is 0. The summed E-state index contributed by atoms with van der Waals surface area (Å²) in [5.41, 5.74) is 1.44. The molecule has 0 saturated carbocycles. The van der Waals surface area contributed by atoms with Crippen molar-refractivity contribution in [1.82, 2.24) is 4.98 Å². The molecule has 1 aliphatic heterocycles. The zero-order chi connectivity index (χ0) is 9.10. The van der Waals surface area contributed by atoms with Crippen LogP contribution >= 0.6 is 0 Å². The molecule has 1 aromatic heterocycles. The zero-order valence-corrected chi connectivity index (χ0v) is 7.01. The maximum Gasteiger partial charge on any atom is 0.151 e. The van der Waals surface area contributed by atoms with Crippen LogP contribution in [0.5, 0.6) is 0 Å². The van der Waals surface area contributed by atoms with Crippen LogP contribution in [-0.4, -0.2) is 17.9 Å². The molecule has 0 radical (unpaired) electrons. The number of pyridine rings is 1. The summed E-state index contributed by atoms with van der Waals surface area (Å²) in [4.78, 5) is 14.8. The minimum atomic E-state index is 0.126. The lowest BCUT2D eigenvalue weighted by atomic mass is 10.0. The Hall–Kier alpha value is -1.64. The number of nitrogens with zero attached hydrogens (tertiary/aromatic N) is 1. The number of aromatic nitrogens is 1. The average molecular weight is 175 g/mol. The number of carbonyl (C=O) groups excluding carboxylic acids is 1. The van der Waals surface area contributed by atoms with Crippen LogP contribution in [0.3, 0.4) is 0 Å². The summed E-state index contributed by atoms with van der Waals surface area (Å²) in [6.07, 6.45) is 6.08. The Bertz CT molecular complexity index is 347. The monoisotopic (exact) mass is 175 g/mol. The molecule has 1 unspecified atom stereocenters. The second kappa shape index (κ2) is 3.39. The van der Waals surface area contributed by atoms with Gasteiger partial charge in [0, 0.05) is 11.8 Å². The summed E-state index contributed by atoms with van der Waals surface area (Å²) >= 11 is 0. The van der Waals surface area contributed by atoms with Crippen molar-refractivity contribution in [3.8, 4) is 0 Å². The number of hydrogen-bond donors (Lipinski definition) is 0. The molecule has 2 heterocycles. The van der Waals surface area contributed by atoms with E-state index in [-0.39, 0.29) is 5.92 Å². The Morgan fingerprint density at radius 1 is 1.62 bits per heavy atom. The summed E-state index contributed by atoms with van der Waals surface area (Å²) in [5.74, 6) is 0.126. The van der Waals surface area contributed by atoms with E-state index < -0.39 is 0 Å². The fourth-order valence-corrected chi connectivity index (χ4v) is 1.37. The second-order valence-electron chi connectivity index (χ2n) is 2.86. The fourth-order valence-electron chi connectivity index (χ4n) is 1.37. The van der Waals surface area contributed by atoms with Gasteiger partial charge in [-0.25, -0.2) is 0 Å². The van der Waals surface area contributed by atoms with E-state index in [0.29, 0.717) is 12.2 Å². The first kappa shape index (κ1) is 7.98. The summed E-state index contributed by atoms with van der Waals surface area (Å²) in [6, 6.07) is 3.52. The summed E-state index contributed by atoms with van der Waals surface area (Å²) in [6.45, 7) is 0.581. The minimum absolute atomic E-state index is 0.126. The quantitative estimate of drug-likeness (QED) is 0.640. The highest BCUT2D eigenvalue weighted by Gasteiger charge is 2.17. The van der Waals surface area contributed by atoms with E-state index in [2.05, 4.69) is 4.98 Å². The van der Waals surface area contributed by atoms with Crippen molar-refractivity contribution in [3.05, 3.63) is 41.9 Å². The van der Waals surface area contributed by atoms with Crippen LogP contribution in [0.4, 0.5) is 0 Å². The highest BCUT2D eigenvalue weighted by atomic mass is 16.5. The minimum Gasteiger partial charge on any atom is -0.500 e. The van der Waals surface area contributed by atoms with E-state index in [1.54, 1.807) is 24.6 Å². The molecule has 0 aliphatic carbocycles. The van der Waals surface area contributed by atoms with Gasteiger partial charge < -0.3 is 4.74 Å². The van der Waals surface area contributed by atoms with Gasteiger partial charge in [0.25, 0.3) is 0 Å². The van der Waals surface area contributed by atoms with Gasteiger partial charge in [0.2, 0.25) is 0 Å². The van der Waals surface area contributed by atoms with E-state index in [0.717, 1.165) is 12.0 Å². The van der Waals surface area contributed by atoms with Crippen LogP contribution in [0.25, 0.3) is 0 Å². The molecule has 2 rings (SSSR count). The number of carbonyl (C=O) groups is 1. The molecule has 1 aliphatic rings. The van der Waals surface area contributed by atoms with Crippen LogP contribution in [0, 0.1) is 0 Å². The SMILES string of the molecule is O=Cc1cccnc1C1C=COC1. The fraction of sp³-hybridized carbons (Fsp3) is 0.200. The predicted molar refractivity (Wildman–Crippen MR) is 47.5 cm³/mol. The molecular formula is C10H9NO2. The Balaban J connectivity index is 2.37. The standard InChI is InChI=1S/C10H9NO2/c12-6-8-2-1-4-11-10(8)9-3-5-13-7-9/h1-6,9H,7H2. The predicted octanol–water partition coefficient (Wildman–Crippen LogP) is 1.52. The van der Waals surface area contributed by atoms with Crippen LogP contribution < -0.4 is 0 Å². The van der Waals surface area contributed by atoms with E-state index in [9.17, 15) is 4.79 Å². The van der Waals surface area contributed by atoms with Crippen molar-refractivity contribution in [2.24, 2.45) is 0 Å². The van der Waals surface area contributed by atoms with Gasteiger partial charge in [-0.1, -0.05) is 0 Å². The smallest absolute Gasteiger partial charge is 0.151 e. The third kappa shape index (κ3) is 1.45. The maximum absolute atomic E-state index is 10.7. The molecule has 0 N–H and O–H groups in total. The molecule has 0 aromatic carbocycles. The normalized spacial score (nSPS) is 19.8. The molecule has 0 amide bonds. The van der Waals surface area contributed by atoms with Crippen molar-refractivity contribution < 1.29 is 9.53 Å². The van der Waals surface area contributed by atoms with Crippen LogP contribution in [-0.2, 0) is 4.74 Å². The molecule has 1 atom stereocenters. The van der Waals surface area contributed by atoms with Gasteiger partial charge in [-0.3, -0.25) is 9.78 Å². The average Bonchev–Trinajstić information content (AvgIpc) is 2.70. The van der Waals surface area contributed by atoms with E-state index in [4.69, 9.17) is 4.74 Å². The molecule has 3 nitrogen and oxygen atoms in total. The number of rotatable bonds is 2. The Kier molecular flexibility index (Phi) is 2.08. The van der Waals surface area contributed by atoms with Gasteiger partial charge in [0.15, 0.2) is 6.29 Å². The van der Waals surface area contributed by atoms with E-state index in [1.807, 2.05) is 6.08 Å². The lowest BCUT2D eigenvalue weighted by Crippen LogP contribution is -2.04. The van der Waals surface area contributed by atoms with Crippen molar-refractivity contribution in [3.63, 3.8) is 0 Å². The van der Waals surface area contributed by atoms with E-state index >= 15 is 0 Å². The van der Waals surface area contributed by atoms with Gasteiger partial charge >= 0.3 is 0 Å².